The molecular formula is C69H57O6P. The summed E-state index contributed by atoms with van der Waals surface area (Å²) in [5.74, 6) is 2.28. The molecule has 0 saturated heterocycles. The van der Waals surface area contributed by atoms with Crippen LogP contribution in [0.2, 0.25) is 0 Å². The minimum atomic E-state index is -1.46. The van der Waals surface area contributed by atoms with Crippen molar-refractivity contribution >= 4 is 88.5 Å². The summed E-state index contributed by atoms with van der Waals surface area (Å²) < 4.78 is 37.0. The molecule has 0 spiro atoms. The molecule has 7 heteroatoms. The van der Waals surface area contributed by atoms with Gasteiger partial charge in [-0.3, -0.25) is 0 Å². The molecule has 6 nitrogen and oxygen atoms in total. The molecule has 76 heavy (non-hydrogen) atoms. The van der Waals surface area contributed by atoms with Crippen LogP contribution < -0.4 is 30.1 Å². The lowest BCUT2D eigenvalue weighted by atomic mass is 9.92. The molecule has 12 rings (SSSR count). The van der Waals surface area contributed by atoms with Crippen LogP contribution in [0, 0.1) is 0 Å². The second-order valence-corrected chi connectivity index (χ2v) is 21.3. The van der Waals surface area contributed by atoms with E-state index in [4.69, 9.17) is 28.4 Å². The lowest BCUT2D eigenvalue weighted by Gasteiger charge is -2.25. The Hall–Kier alpha value is -8.09. The van der Waals surface area contributed by atoms with Crippen molar-refractivity contribution in [3.05, 3.63) is 218 Å². The molecule has 0 amide bonds. The summed E-state index contributed by atoms with van der Waals surface area (Å²) in [6, 6.07) is 79.6. The van der Waals surface area contributed by atoms with Gasteiger partial charge < -0.3 is 28.4 Å². The fourth-order valence-corrected chi connectivity index (χ4v) is 13.4. The summed E-state index contributed by atoms with van der Waals surface area (Å²) in [7, 11) is 3.67. The maximum absolute atomic E-state index is 6.76. The highest BCUT2D eigenvalue weighted by atomic mass is 31.1. The molecule has 0 radical (unpaired) electrons. The minimum absolute atomic E-state index is 0.385. The maximum atomic E-state index is 6.76. The van der Waals surface area contributed by atoms with E-state index in [0.717, 1.165) is 66.5 Å². The zero-order valence-electron chi connectivity index (χ0n) is 42.9. The number of fused-ring (bicyclic) bond motifs is 6. The first-order valence-corrected chi connectivity index (χ1v) is 27.2. The highest BCUT2D eigenvalue weighted by Crippen LogP contribution is 2.46. The molecule has 12 aromatic rings. The maximum Gasteiger partial charge on any atom is 0.120 e. The molecule has 0 heterocycles. The van der Waals surface area contributed by atoms with E-state index < -0.39 is 7.92 Å². The van der Waals surface area contributed by atoms with E-state index in [9.17, 15) is 0 Å². The highest BCUT2D eigenvalue weighted by Gasteiger charge is 2.25. The molecule has 0 saturated carbocycles. The average molecular weight is 1010 g/mol. The van der Waals surface area contributed by atoms with Crippen LogP contribution in [0.4, 0.5) is 0 Å². The summed E-state index contributed by atoms with van der Waals surface area (Å²) in [6.45, 7) is 2.48. The monoisotopic (exact) mass is 1010 g/mol. The third-order valence-corrected chi connectivity index (χ3v) is 16.6. The first kappa shape index (κ1) is 48.8. The van der Waals surface area contributed by atoms with Crippen LogP contribution in [0.25, 0.3) is 98.0 Å². The van der Waals surface area contributed by atoms with Gasteiger partial charge in [0.2, 0.25) is 0 Å². The van der Waals surface area contributed by atoms with Crippen molar-refractivity contribution in [1.82, 2.24) is 0 Å². The Morgan fingerprint density at radius 1 is 0.263 bits per heavy atom. The van der Waals surface area contributed by atoms with Crippen LogP contribution in [0.1, 0.15) is 0 Å². The quantitative estimate of drug-likeness (QED) is 0.0485. The minimum Gasteiger partial charge on any atom is -0.491 e. The Bertz CT molecular complexity index is 3510. The van der Waals surface area contributed by atoms with E-state index in [1.807, 2.05) is 0 Å². The smallest absolute Gasteiger partial charge is 0.120 e. The zero-order valence-corrected chi connectivity index (χ0v) is 43.8. The first-order chi connectivity index (χ1) is 37.5. The molecule has 0 aliphatic carbocycles. The summed E-state index contributed by atoms with van der Waals surface area (Å²) in [6.07, 6.45) is 0. The molecule has 0 atom stereocenters. The van der Waals surface area contributed by atoms with Gasteiger partial charge in [-0.25, -0.2) is 0 Å². The number of ether oxygens (including phenoxy) is 6. The number of rotatable bonds is 18. The number of hydrogen-bond acceptors (Lipinski definition) is 6. The standard InChI is InChI=1S/C69H57O6P/c1-70-28-31-73-55-37-52(67-61-22-10-4-16-46(61)34-47-17-5-11-23-62(47)67)40-58(43-55)76(59-41-53(38-56(44-59)74-32-29-71-2)68-63-24-12-6-18-48(63)35-49-19-7-13-25-64(49)68)60-42-54(39-57(45-60)75-33-30-72-3)69-65-26-14-8-20-50(65)36-51-21-9-15-27-66(51)69/h4-27,34-45H,28-33H2,1-3H3. The Kier molecular flexibility index (Phi) is 14.1. The van der Waals surface area contributed by atoms with Gasteiger partial charge >= 0.3 is 0 Å². The van der Waals surface area contributed by atoms with Crippen LogP contribution in [0.3, 0.4) is 0 Å². The summed E-state index contributed by atoms with van der Waals surface area (Å²) in [4.78, 5) is 0. The van der Waals surface area contributed by atoms with Crippen LogP contribution in [0.5, 0.6) is 17.2 Å². The van der Waals surface area contributed by atoms with E-state index in [-0.39, 0.29) is 0 Å². The van der Waals surface area contributed by atoms with E-state index in [1.165, 1.54) is 64.6 Å². The number of benzene rings is 12. The predicted molar refractivity (Wildman–Crippen MR) is 319 cm³/mol. The molecule has 0 unspecified atom stereocenters. The van der Waals surface area contributed by atoms with Gasteiger partial charge in [0, 0.05) is 21.3 Å². The third kappa shape index (κ3) is 9.73. The molecule has 12 aromatic carbocycles. The number of hydrogen-bond donors (Lipinski definition) is 0. The Morgan fingerprint density at radius 3 is 0.737 bits per heavy atom. The van der Waals surface area contributed by atoms with Crippen molar-refractivity contribution in [2.45, 2.75) is 0 Å². The topological polar surface area (TPSA) is 55.4 Å². The molecule has 0 aliphatic heterocycles. The highest BCUT2D eigenvalue weighted by molar-refractivity contribution is 7.79. The summed E-state index contributed by atoms with van der Waals surface area (Å²) >= 11 is 0. The third-order valence-electron chi connectivity index (χ3n) is 14.3. The van der Waals surface area contributed by atoms with E-state index in [2.05, 4.69) is 218 Å². The molecule has 0 N–H and O–H groups in total. The summed E-state index contributed by atoms with van der Waals surface area (Å²) in [5, 5.41) is 17.4. The van der Waals surface area contributed by atoms with Crippen molar-refractivity contribution < 1.29 is 28.4 Å². The molecule has 0 aromatic heterocycles. The van der Waals surface area contributed by atoms with Gasteiger partial charge in [-0.05, 0) is 195 Å². The van der Waals surface area contributed by atoms with Crippen LogP contribution in [-0.4, -0.2) is 61.0 Å². The lowest BCUT2D eigenvalue weighted by Crippen LogP contribution is -2.23. The molecule has 0 fully saturated rings. The van der Waals surface area contributed by atoms with Gasteiger partial charge in [0.15, 0.2) is 0 Å². The zero-order chi connectivity index (χ0) is 51.4. The van der Waals surface area contributed by atoms with Crippen LogP contribution in [0.15, 0.2) is 218 Å². The van der Waals surface area contributed by atoms with E-state index in [1.54, 1.807) is 21.3 Å². The molecule has 374 valence electrons. The Labute approximate surface area is 444 Å². The Morgan fingerprint density at radius 2 is 0.500 bits per heavy atom. The molecule has 0 aliphatic rings. The second-order valence-electron chi connectivity index (χ2n) is 19.1. The first-order valence-electron chi connectivity index (χ1n) is 25.9. The van der Waals surface area contributed by atoms with Gasteiger partial charge in [0.1, 0.15) is 37.1 Å². The second kappa shape index (κ2) is 22.0. The normalized spacial score (nSPS) is 11.7. The molecular weight excluding hydrogens is 956 g/mol. The fourth-order valence-electron chi connectivity index (χ4n) is 11.0. The van der Waals surface area contributed by atoms with E-state index in [0.29, 0.717) is 39.6 Å². The van der Waals surface area contributed by atoms with Gasteiger partial charge in [-0.2, -0.15) is 0 Å². The predicted octanol–water partition coefficient (Wildman–Crippen LogP) is 15.4. The van der Waals surface area contributed by atoms with Crippen LogP contribution in [-0.2, 0) is 14.2 Å². The van der Waals surface area contributed by atoms with Crippen molar-refractivity contribution in [3.63, 3.8) is 0 Å². The Balaban J connectivity index is 1.19. The van der Waals surface area contributed by atoms with Gasteiger partial charge in [0.25, 0.3) is 0 Å². The molecule has 0 bridgehead atoms. The van der Waals surface area contributed by atoms with Crippen molar-refractivity contribution in [2.75, 3.05) is 61.0 Å². The van der Waals surface area contributed by atoms with Crippen molar-refractivity contribution in [2.24, 2.45) is 0 Å². The van der Waals surface area contributed by atoms with Gasteiger partial charge in [-0.15, -0.1) is 0 Å². The largest absolute Gasteiger partial charge is 0.491 e. The van der Waals surface area contributed by atoms with Crippen LogP contribution >= 0.6 is 7.92 Å². The lowest BCUT2D eigenvalue weighted by molar-refractivity contribution is 0.146. The average Bonchev–Trinajstić information content (AvgIpc) is 3.47. The SMILES string of the molecule is COCCOc1cc(-c2c3ccccc3cc3ccccc23)cc(P(c2cc(OCCOC)cc(-c3c4ccccc4cc4ccccc34)c2)c2cc(OCCOC)cc(-c3c4ccccc4cc4ccccc34)c2)c1. The number of methoxy groups -OCH3 is 3. The van der Waals surface area contributed by atoms with Gasteiger partial charge in [-0.1, -0.05) is 146 Å². The van der Waals surface area contributed by atoms with Gasteiger partial charge in [0.05, 0.1) is 19.8 Å². The summed E-state index contributed by atoms with van der Waals surface area (Å²) in [5.41, 5.74) is 6.64. The van der Waals surface area contributed by atoms with E-state index >= 15 is 0 Å². The van der Waals surface area contributed by atoms with Crippen molar-refractivity contribution in [3.8, 4) is 50.6 Å². The van der Waals surface area contributed by atoms with Crippen molar-refractivity contribution in [1.29, 1.82) is 0 Å². The fraction of sp³-hybridized carbons (Fsp3) is 0.130.